The van der Waals surface area contributed by atoms with Crippen molar-refractivity contribution in [2.75, 3.05) is 13.1 Å². The third kappa shape index (κ3) is 41.6. The summed E-state index contributed by atoms with van der Waals surface area (Å²) in [5.74, 6) is -2.44. The normalized spacial score (nSPS) is 6.17. The van der Waals surface area contributed by atoms with Gasteiger partial charge >= 0.3 is 83.2 Å². The van der Waals surface area contributed by atoms with E-state index in [4.69, 9.17) is 19.8 Å². The molecule has 0 aromatic rings. The van der Waals surface area contributed by atoms with Gasteiger partial charge in [0.25, 0.3) is 0 Å². The third-order valence-electron chi connectivity index (χ3n) is 0.333. The molecule has 0 atom stereocenters. The second kappa shape index (κ2) is 18.4. The van der Waals surface area contributed by atoms with Crippen LogP contribution in [0.2, 0.25) is 0 Å². The number of carboxylic acid groups (broad SMARTS) is 2. The molecular weight excluding hydrogens is 268 g/mol. The van der Waals surface area contributed by atoms with Gasteiger partial charge in [-0.1, -0.05) is 0 Å². The molecule has 0 aliphatic rings. The molecule has 0 heterocycles. The Morgan fingerprint density at radius 1 is 1.08 bits per heavy atom. The van der Waals surface area contributed by atoms with Crippen molar-refractivity contribution < 1.29 is 22.7 Å². The Labute approximate surface area is 140 Å². The molecule has 0 unspecified atom stereocenters. The quantitative estimate of drug-likeness (QED) is 0.485. The van der Waals surface area contributed by atoms with Crippen molar-refractivity contribution in [1.82, 2.24) is 0 Å². The molecule has 6 nitrogen and oxygen atoms in total. The summed E-state index contributed by atoms with van der Waals surface area (Å²) >= 11 is 0. The van der Waals surface area contributed by atoms with Gasteiger partial charge in [0.2, 0.25) is 0 Å². The van der Waals surface area contributed by atoms with Crippen molar-refractivity contribution in [1.29, 1.82) is 0 Å². The number of carboxylic acids is 2. The molecule has 0 saturated heterocycles. The van der Waals surface area contributed by atoms with E-state index in [-0.39, 0.29) is 99.2 Å². The molecule has 0 amide bonds. The average Bonchev–Trinajstić information content (AvgIpc) is 1.89. The SMILES string of the molecule is NCC(=O)[O-].NCC(=O)[O-].[Ca+2].[H-].[H-].[Sr+2]. The summed E-state index contributed by atoms with van der Waals surface area (Å²) in [6.07, 6.45) is 0. The van der Waals surface area contributed by atoms with E-state index in [1.54, 1.807) is 0 Å². The minimum absolute atomic E-state index is 0. The zero-order valence-corrected chi connectivity index (χ0v) is 12.3. The van der Waals surface area contributed by atoms with Gasteiger partial charge in [-0.3, -0.25) is 0 Å². The summed E-state index contributed by atoms with van der Waals surface area (Å²) in [6, 6.07) is 0. The smallest absolute Gasteiger partial charge is 1.00 e. The Balaban J connectivity index is -0.0000000178. The number of hydrogen-bond donors (Lipinski definition) is 2. The number of carbonyl (C=O) groups excluding carboxylic acids is 2. The van der Waals surface area contributed by atoms with Crippen molar-refractivity contribution in [3.63, 3.8) is 0 Å². The van der Waals surface area contributed by atoms with Crippen LogP contribution in [0.1, 0.15) is 2.85 Å². The Hall–Kier alpha value is 1.60. The molecule has 0 aromatic heterocycles. The van der Waals surface area contributed by atoms with Crippen molar-refractivity contribution >= 4 is 95.2 Å². The standard InChI is InChI=1S/2C2H5NO2.Ca.Sr.2H/c2*3-1-2(4)5;;;;/h2*1,3H2,(H,4,5);;;;/q;;2*+2;2*-1/p-2. The fourth-order valence-corrected chi connectivity index (χ4v) is 0. The third-order valence-corrected chi connectivity index (χ3v) is 0.333. The fraction of sp³-hybridized carbons (Fsp3) is 0.500. The van der Waals surface area contributed by atoms with Gasteiger partial charge in [-0.15, -0.1) is 0 Å². The summed E-state index contributed by atoms with van der Waals surface area (Å²) in [6.45, 7) is -0.778. The number of hydrogen-bond acceptors (Lipinski definition) is 6. The van der Waals surface area contributed by atoms with E-state index in [0.29, 0.717) is 0 Å². The second-order valence-electron chi connectivity index (χ2n) is 1.15. The van der Waals surface area contributed by atoms with Crippen LogP contribution in [-0.2, 0) is 9.59 Å². The molecule has 4 N–H and O–H groups in total. The molecule has 64 valence electrons. The Morgan fingerprint density at radius 3 is 1.17 bits per heavy atom. The Bertz CT molecular complexity index is 118. The van der Waals surface area contributed by atoms with Gasteiger partial charge in [0, 0.05) is 13.1 Å². The summed E-state index contributed by atoms with van der Waals surface area (Å²) < 4.78 is 0. The van der Waals surface area contributed by atoms with E-state index in [2.05, 4.69) is 11.5 Å². The van der Waals surface area contributed by atoms with Gasteiger partial charge in [-0.25, -0.2) is 0 Å². The summed E-state index contributed by atoms with van der Waals surface area (Å²) in [5, 5.41) is 18.3. The van der Waals surface area contributed by atoms with Gasteiger partial charge in [0.05, 0.1) is 11.9 Å². The van der Waals surface area contributed by atoms with Crippen LogP contribution in [-0.4, -0.2) is 108 Å². The first-order chi connectivity index (χ1) is 4.54. The topological polar surface area (TPSA) is 132 Å². The van der Waals surface area contributed by atoms with E-state index < -0.39 is 11.9 Å². The van der Waals surface area contributed by atoms with E-state index in [1.807, 2.05) is 0 Å². The van der Waals surface area contributed by atoms with Crippen LogP contribution in [0, 0.1) is 0 Å². The van der Waals surface area contributed by atoms with Gasteiger partial charge in [-0.05, 0) is 0 Å². The Kier molecular flexibility index (Phi) is 35.9. The molecule has 0 bridgehead atoms. The average molecular weight is 278 g/mol. The van der Waals surface area contributed by atoms with E-state index >= 15 is 0 Å². The van der Waals surface area contributed by atoms with Crippen molar-refractivity contribution in [3.05, 3.63) is 0 Å². The molecule has 0 radical (unpaired) electrons. The van der Waals surface area contributed by atoms with Crippen LogP contribution < -0.4 is 21.7 Å². The molecule has 0 aliphatic carbocycles. The minimum Gasteiger partial charge on any atom is -1.00 e. The van der Waals surface area contributed by atoms with E-state index in [9.17, 15) is 0 Å². The minimum atomic E-state index is -1.22. The van der Waals surface area contributed by atoms with Crippen LogP contribution >= 0.6 is 0 Å². The van der Waals surface area contributed by atoms with Crippen LogP contribution in [0.5, 0.6) is 0 Å². The largest absolute Gasteiger partial charge is 2.00 e. The maximum absolute atomic E-state index is 9.13. The van der Waals surface area contributed by atoms with Crippen LogP contribution in [0.3, 0.4) is 0 Å². The Morgan fingerprint density at radius 2 is 1.17 bits per heavy atom. The second-order valence-corrected chi connectivity index (χ2v) is 1.15. The molecule has 0 aromatic carbocycles. The summed E-state index contributed by atoms with van der Waals surface area (Å²) in [4.78, 5) is 18.3. The molecule has 0 fully saturated rings. The van der Waals surface area contributed by atoms with Crippen LogP contribution in [0.15, 0.2) is 0 Å². The van der Waals surface area contributed by atoms with Gasteiger partial charge < -0.3 is 34.1 Å². The molecule has 0 aliphatic heterocycles. The van der Waals surface area contributed by atoms with Gasteiger partial charge in [0.1, 0.15) is 0 Å². The van der Waals surface area contributed by atoms with Crippen molar-refractivity contribution in [2.24, 2.45) is 11.5 Å². The predicted molar refractivity (Wildman–Crippen MR) is 41.9 cm³/mol. The maximum Gasteiger partial charge on any atom is 2.00 e. The first-order valence-electron chi connectivity index (χ1n) is 2.34. The monoisotopic (exact) mass is 278 g/mol. The number of rotatable bonds is 2. The predicted octanol–water partition coefficient (Wildman–Crippen LogP) is -5.15. The molecule has 0 spiro atoms. The zero-order chi connectivity index (χ0) is 8.57. The first-order valence-corrected chi connectivity index (χ1v) is 2.34. The number of carbonyl (C=O) groups is 2. The summed E-state index contributed by atoms with van der Waals surface area (Å²) in [5.41, 5.74) is 9.02. The molecule has 8 heteroatoms. The molecule has 12 heavy (non-hydrogen) atoms. The van der Waals surface area contributed by atoms with E-state index in [1.165, 1.54) is 0 Å². The van der Waals surface area contributed by atoms with E-state index in [0.717, 1.165) is 0 Å². The molecule has 0 saturated carbocycles. The zero-order valence-electron chi connectivity index (χ0n) is 8.62. The number of aliphatic carboxylic acids is 2. The van der Waals surface area contributed by atoms with Crippen molar-refractivity contribution in [3.8, 4) is 0 Å². The summed E-state index contributed by atoms with van der Waals surface area (Å²) in [7, 11) is 0. The van der Waals surface area contributed by atoms with Gasteiger partial charge in [-0.2, -0.15) is 0 Å². The molecular formula is C4H10CaN2O4Sr. The van der Waals surface area contributed by atoms with Gasteiger partial charge in [0.15, 0.2) is 0 Å². The fourth-order valence-electron chi connectivity index (χ4n) is 0. The van der Waals surface area contributed by atoms with Crippen LogP contribution in [0.25, 0.3) is 0 Å². The molecule has 0 rings (SSSR count). The van der Waals surface area contributed by atoms with Crippen LogP contribution in [0.4, 0.5) is 0 Å². The number of nitrogens with two attached hydrogens (primary N) is 2. The first kappa shape index (κ1) is 23.4. The van der Waals surface area contributed by atoms with Crippen molar-refractivity contribution in [2.45, 2.75) is 0 Å². The maximum atomic E-state index is 9.13.